The van der Waals surface area contributed by atoms with Gasteiger partial charge in [-0.1, -0.05) is 11.2 Å². The second-order valence-electron chi connectivity index (χ2n) is 2.46. The average molecular weight is 242 g/mol. The maximum absolute atomic E-state index is 10.7. The Bertz CT molecular complexity index is 477. The van der Waals surface area contributed by atoms with Crippen LogP contribution in [0.1, 0.15) is 10.4 Å². The fourth-order valence-corrected chi connectivity index (χ4v) is 1.49. The molecule has 0 radical (unpaired) electrons. The minimum Gasteiger partial charge on any atom is -0.478 e. The van der Waals surface area contributed by atoms with Gasteiger partial charge in [-0.3, -0.25) is 0 Å². The zero-order valence-electron chi connectivity index (χ0n) is 6.32. The van der Waals surface area contributed by atoms with Gasteiger partial charge in [-0.25, -0.2) is 4.79 Å². The summed E-state index contributed by atoms with van der Waals surface area (Å²) in [7, 11) is 0. The van der Waals surface area contributed by atoms with Crippen LogP contribution >= 0.6 is 15.9 Å². The van der Waals surface area contributed by atoms with E-state index in [9.17, 15) is 4.79 Å². The van der Waals surface area contributed by atoms with E-state index < -0.39 is 5.97 Å². The van der Waals surface area contributed by atoms with E-state index in [-0.39, 0.29) is 5.56 Å². The van der Waals surface area contributed by atoms with Gasteiger partial charge >= 0.3 is 5.97 Å². The number of hydrogen-bond donors (Lipinski definition) is 1. The number of aromatic carboxylic acids is 1. The molecule has 1 aromatic heterocycles. The van der Waals surface area contributed by atoms with Gasteiger partial charge in [0, 0.05) is 0 Å². The monoisotopic (exact) mass is 241 g/mol. The van der Waals surface area contributed by atoms with Crippen LogP contribution in [0, 0.1) is 0 Å². The highest BCUT2D eigenvalue weighted by atomic mass is 79.9. The lowest BCUT2D eigenvalue weighted by Gasteiger charge is -1.92. The molecule has 1 aromatic carbocycles. The van der Waals surface area contributed by atoms with Crippen LogP contribution < -0.4 is 0 Å². The van der Waals surface area contributed by atoms with Crippen molar-refractivity contribution in [1.82, 2.24) is 5.16 Å². The summed E-state index contributed by atoms with van der Waals surface area (Å²) in [6, 6.07) is 4.86. The highest BCUT2D eigenvalue weighted by Gasteiger charge is 2.13. The molecule has 66 valence electrons. The molecular weight excluding hydrogens is 238 g/mol. The summed E-state index contributed by atoms with van der Waals surface area (Å²) in [4.78, 5) is 10.7. The van der Waals surface area contributed by atoms with Crippen LogP contribution in [0.4, 0.5) is 0 Å². The molecule has 0 unspecified atom stereocenters. The highest BCUT2D eigenvalue weighted by Crippen LogP contribution is 2.25. The van der Waals surface area contributed by atoms with Gasteiger partial charge in [-0.15, -0.1) is 0 Å². The molecule has 2 aromatic rings. The fourth-order valence-electron chi connectivity index (χ4n) is 1.10. The van der Waals surface area contributed by atoms with E-state index >= 15 is 0 Å². The van der Waals surface area contributed by atoms with Gasteiger partial charge in [0.1, 0.15) is 5.56 Å². The Kier molecular flexibility index (Phi) is 1.81. The van der Waals surface area contributed by atoms with Crippen molar-refractivity contribution in [3.8, 4) is 0 Å². The summed E-state index contributed by atoms with van der Waals surface area (Å²) in [5, 5.41) is 13.1. The number of carbonyl (C=O) groups is 1. The first-order chi connectivity index (χ1) is 6.20. The van der Waals surface area contributed by atoms with E-state index in [2.05, 4.69) is 21.1 Å². The Labute approximate surface area is 81.3 Å². The number of fused-ring (bicyclic) bond motifs is 1. The predicted octanol–water partition coefficient (Wildman–Crippen LogP) is 2.29. The molecule has 2 rings (SSSR count). The quantitative estimate of drug-likeness (QED) is 0.833. The number of carboxylic acid groups (broad SMARTS) is 1. The molecule has 4 nitrogen and oxygen atoms in total. The van der Waals surface area contributed by atoms with Crippen molar-refractivity contribution < 1.29 is 14.4 Å². The molecule has 0 bridgehead atoms. The van der Waals surface area contributed by atoms with E-state index in [1.807, 2.05) is 0 Å². The SMILES string of the molecule is O=C(O)c1cccc2c(Br)noc12. The van der Waals surface area contributed by atoms with Crippen LogP contribution in [0.5, 0.6) is 0 Å². The van der Waals surface area contributed by atoms with Crippen LogP contribution in [0.2, 0.25) is 0 Å². The molecule has 0 spiro atoms. The van der Waals surface area contributed by atoms with Gasteiger partial charge < -0.3 is 9.63 Å². The number of rotatable bonds is 1. The molecular formula is C8H4BrNO3. The molecule has 0 aliphatic heterocycles. The van der Waals surface area contributed by atoms with Crippen LogP contribution in [0.25, 0.3) is 11.0 Å². The zero-order chi connectivity index (χ0) is 9.42. The van der Waals surface area contributed by atoms with E-state index in [0.717, 1.165) is 0 Å². The maximum Gasteiger partial charge on any atom is 0.339 e. The third kappa shape index (κ3) is 1.21. The first-order valence-corrected chi connectivity index (χ1v) is 4.26. The Morgan fingerprint density at radius 3 is 3.00 bits per heavy atom. The van der Waals surface area contributed by atoms with E-state index in [1.54, 1.807) is 12.1 Å². The average Bonchev–Trinajstić information content (AvgIpc) is 2.48. The Morgan fingerprint density at radius 2 is 2.31 bits per heavy atom. The van der Waals surface area contributed by atoms with Crippen LogP contribution in [-0.2, 0) is 0 Å². The van der Waals surface area contributed by atoms with Crippen LogP contribution in [0.3, 0.4) is 0 Å². The normalized spacial score (nSPS) is 10.5. The Balaban J connectivity index is 2.84. The minimum atomic E-state index is -1.02. The topological polar surface area (TPSA) is 63.3 Å². The van der Waals surface area contributed by atoms with Crippen molar-refractivity contribution in [1.29, 1.82) is 0 Å². The Hall–Kier alpha value is -1.36. The second-order valence-corrected chi connectivity index (χ2v) is 3.21. The van der Waals surface area contributed by atoms with Crippen molar-refractivity contribution in [3.05, 3.63) is 28.4 Å². The first-order valence-electron chi connectivity index (χ1n) is 3.47. The second kappa shape index (κ2) is 2.85. The summed E-state index contributed by atoms with van der Waals surface area (Å²) in [6.45, 7) is 0. The number of halogens is 1. The fraction of sp³-hybridized carbons (Fsp3) is 0. The summed E-state index contributed by atoms with van der Waals surface area (Å²) in [6.07, 6.45) is 0. The first kappa shape index (κ1) is 8.25. The summed E-state index contributed by atoms with van der Waals surface area (Å²) >= 11 is 3.15. The lowest BCUT2D eigenvalue weighted by Crippen LogP contribution is -1.95. The summed E-state index contributed by atoms with van der Waals surface area (Å²) in [5.41, 5.74) is 0.414. The van der Waals surface area contributed by atoms with Crippen molar-refractivity contribution in [3.63, 3.8) is 0 Å². The third-order valence-corrected chi connectivity index (χ3v) is 2.26. The predicted molar refractivity (Wildman–Crippen MR) is 48.7 cm³/mol. The number of aromatic nitrogens is 1. The number of benzene rings is 1. The minimum absolute atomic E-state index is 0.121. The Morgan fingerprint density at radius 1 is 1.54 bits per heavy atom. The van der Waals surface area contributed by atoms with E-state index in [4.69, 9.17) is 9.63 Å². The van der Waals surface area contributed by atoms with Gasteiger partial charge in [0.2, 0.25) is 0 Å². The summed E-state index contributed by atoms with van der Waals surface area (Å²) in [5.74, 6) is -1.02. The molecule has 0 aliphatic rings. The van der Waals surface area contributed by atoms with E-state index in [0.29, 0.717) is 15.6 Å². The molecule has 1 N–H and O–H groups in total. The highest BCUT2D eigenvalue weighted by molar-refractivity contribution is 9.10. The smallest absolute Gasteiger partial charge is 0.339 e. The van der Waals surface area contributed by atoms with Crippen LogP contribution in [0.15, 0.2) is 27.3 Å². The molecule has 13 heavy (non-hydrogen) atoms. The van der Waals surface area contributed by atoms with Gasteiger partial charge in [0.25, 0.3) is 0 Å². The molecule has 0 fully saturated rings. The van der Waals surface area contributed by atoms with Crippen LogP contribution in [-0.4, -0.2) is 16.2 Å². The molecule has 0 saturated heterocycles. The molecule has 0 amide bonds. The largest absolute Gasteiger partial charge is 0.478 e. The van der Waals surface area contributed by atoms with Crippen molar-refractivity contribution in [2.75, 3.05) is 0 Å². The van der Waals surface area contributed by atoms with Crippen molar-refractivity contribution in [2.24, 2.45) is 0 Å². The van der Waals surface area contributed by atoms with E-state index in [1.165, 1.54) is 6.07 Å². The molecule has 0 atom stereocenters. The summed E-state index contributed by atoms with van der Waals surface area (Å²) < 4.78 is 5.38. The number of nitrogens with zero attached hydrogens (tertiary/aromatic N) is 1. The number of hydrogen-bond acceptors (Lipinski definition) is 3. The molecule has 0 aliphatic carbocycles. The third-order valence-electron chi connectivity index (χ3n) is 1.68. The van der Waals surface area contributed by atoms with Gasteiger partial charge in [0.05, 0.1) is 5.39 Å². The molecule has 1 heterocycles. The maximum atomic E-state index is 10.7. The molecule has 5 heteroatoms. The lowest BCUT2D eigenvalue weighted by atomic mass is 10.2. The lowest BCUT2D eigenvalue weighted by molar-refractivity contribution is 0.0697. The van der Waals surface area contributed by atoms with Gasteiger partial charge in [0.15, 0.2) is 10.2 Å². The van der Waals surface area contributed by atoms with Crippen molar-refractivity contribution >= 4 is 32.9 Å². The number of carboxylic acids is 1. The molecule has 0 saturated carbocycles. The van der Waals surface area contributed by atoms with Gasteiger partial charge in [-0.05, 0) is 28.1 Å². The zero-order valence-corrected chi connectivity index (χ0v) is 7.91. The number of para-hydroxylation sites is 1. The van der Waals surface area contributed by atoms with Gasteiger partial charge in [-0.2, -0.15) is 0 Å². The standard InChI is InChI=1S/C8H4BrNO3/c9-7-4-2-1-3-5(8(11)12)6(4)13-10-7/h1-3H,(H,11,12). The van der Waals surface area contributed by atoms with Crippen molar-refractivity contribution in [2.45, 2.75) is 0 Å².